The van der Waals surface area contributed by atoms with Crippen molar-refractivity contribution in [3.8, 4) is 0 Å². The van der Waals surface area contributed by atoms with Gasteiger partial charge in [-0.1, -0.05) is 19.9 Å². The van der Waals surface area contributed by atoms with E-state index in [4.69, 9.17) is 0 Å². The second-order valence-corrected chi connectivity index (χ2v) is 5.84. The maximum Gasteiger partial charge on any atom is 0.223 e. The molecule has 1 aromatic rings. The summed E-state index contributed by atoms with van der Waals surface area (Å²) in [5, 5.41) is 6.36. The minimum atomic E-state index is -0.135. The van der Waals surface area contributed by atoms with Gasteiger partial charge >= 0.3 is 0 Å². The number of rotatable bonds is 4. The molecule has 0 unspecified atom stereocenters. The van der Waals surface area contributed by atoms with Crippen molar-refractivity contribution >= 4 is 5.91 Å². The predicted octanol–water partition coefficient (Wildman–Crippen LogP) is 1.47. The number of nitrogens with zero attached hydrogens (tertiary/aromatic N) is 1. The number of hydrogen-bond donors (Lipinski definition) is 2. The molecule has 1 aromatic heterocycles. The lowest BCUT2D eigenvalue weighted by atomic mass is 9.88. The first-order chi connectivity index (χ1) is 9.09. The normalized spacial score (nSPS) is 17.2. The highest BCUT2D eigenvalue weighted by molar-refractivity contribution is 5.78. The van der Waals surface area contributed by atoms with Crippen LogP contribution in [0.5, 0.6) is 0 Å². The number of pyridine rings is 1. The average molecular weight is 261 g/mol. The van der Waals surface area contributed by atoms with Gasteiger partial charge in [0, 0.05) is 29.8 Å². The Kier molecular flexibility index (Phi) is 4.53. The third-order valence-corrected chi connectivity index (χ3v) is 3.77. The highest BCUT2D eigenvalue weighted by Crippen LogP contribution is 2.20. The van der Waals surface area contributed by atoms with Crippen LogP contribution < -0.4 is 10.6 Å². The summed E-state index contributed by atoms with van der Waals surface area (Å²) >= 11 is 0. The molecule has 4 heteroatoms. The topological polar surface area (TPSA) is 54.0 Å². The number of piperidine rings is 1. The number of aromatic nitrogens is 1. The monoisotopic (exact) mass is 261 g/mol. The van der Waals surface area contributed by atoms with E-state index in [-0.39, 0.29) is 17.2 Å². The van der Waals surface area contributed by atoms with Gasteiger partial charge < -0.3 is 10.6 Å². The van der Waals surface area contributed by atoms with E-state index in [0.717, 1.165) is 31.6 Å². The fourth-order valence-corrected chi connectivity index (χ4v) is 2.39. The Morgan fingerprint density at radius 3 is 2.79 bits per heavy atom. The molecule has 0 bridgehead atoms. The fraction of sp³-hybridized carbons (Fsp3) is 0.600. The van der Waals surface area contributed by atoms with Crippen molar-refractivity contribution in [3.05, 3.63) is 30.1 Å². The van der Waals surface area contributed by atoms with E-state index in [1.54, 1.807) is 6.20 Å². The third kappa shape index (κ3) is 3.77. The molecule has 0 aromatic carbocycles. The second kappa shape index (κ2) is 6.15. The van der Waals surface area contributed by atoms with Crippen LogP contribution in [0, 0.1) is 5.92 Å². The van der Waals surface area contributed by atoms with Crippen LogP contribution in [-0.4, -0.2) is 30.5 Å². The van der Waals surface area contributed by atoms with Crippen LogP contribution in [0.25, 0.3) is 0 Å². The molecule has 19 heavy (non-hydrogen) atoms. The molecule has 104 valence electrons. The second-order valence-electron chi connectivity index (χ2n) is 5.84. The van der Waals surface area contributed by atoms with E-state index >= 15 is 0 Å². The van der Waals surface area contributed by atoms with Gasteiger partial charge in [-0.2, -0.15) is 0 Å². The van der Waals surface area contributed by atoms with Crippen LogP contribution in [-0.2, 0) is 10.2 Å². The molecule has 1 aliphatic heterocycles. The fourth-order valence-electron chi connectivity index (χ4n) is 2.39. The van der Waals surface area contributed by atoms with Crippen molar-refractivity contribution in [3.63, 3.8) is 0 Å². The molecule has 2 heterocycles. The number of amides is 1. The van der Waals surface area contributed by atoms with Crippen molar-refractivity contribution in [1.29, 1.82) is 0 Å². The summed E-state index contributed by atoms with van der Waals surface area (Å²) in [6.45, 7) is 6.74. The molecular formula is C15H23N3O. The third-order valence-electron chi connectivity index (χ3n) is 3.77. The minimum Gasteiger partial charge on any atom is -0.355 e. The Morgan fingerprint density at radius 2 is 2.16 bits per heavy atom. The molecule has 1 amide bonds. The maximum absolute atomic E-state index is 12.1. The summed E-state index contributed by atoms with van der Waals surface area (Å²) in [4.78, 5) is 16.5. The number of carbonyl (C=O) groups is 1. The highest BCUT2D eigenvalue weighted by atomic mass is 16.1. The Morgan fingerprint density at radius 1 is 1.42 bits per heavy atom. The first kappa shape index (κ1) is 14.0. The van der Waals surface area contributed by atoms with Gasteiger partial charge in [0.2, 0.25) is 5.91 Å². The van der Waals surface area contributed by atoms with Gasteiger partial charge in [0.15, 0.2) is 0 Å². The molecule has 0 saturated carbocycles. The highest BCUT2D eigenvalue weighted by Gasteiger charge is 2.25. The number of nitrogens with one attached hydrogen (secondary N) is 2. The Bertz CT molecular complexity index is 411. The van der Waals surface area contributed by atoms with Gasteiger partial charge in [0.25, 0.3) is 0 Å². The summed E-state index contributed by atoms with van der Waals surface area (Å²) in [7, 11) is 0. The molecule has 1 fully saturated rings. The zero-order valence-corrected chi connectivity index (χ0v) is 11.8. The van der Waals surface area contributed by atoms with Gasteiger partial charge in [-0.05, 0) is 38.1 Å². The lowest BCUT2D eigenvalue weighted by molar-refractivity contribution is -0.126. The number of hydrogen-bond acceptors (Lipinski definition) is 3. The molecule has 0 radical (unpaired) electrons. The SMILES string of the molecule is CC(C)(CNC(=O)C1CCNCC1)c1ccccn1. The van der Waals surface area contributed by atoms with Crippen LogP contribution in [0.15, 0.2) is 24.4 Å². The van der Waals surface area contributed by atoms with E-state index in [9.17, 15) is 4.79 Å². The molecule has 1 aliphatic rings. The lowest BCUT2D eigenvalue weighted by Gasteiger charge is -2.27. The summed E-state index contributed by atoms with van der Waals surface area (Å²) in [6, 6.07) is 5.91. The molecule has 0 aliphatic carbocycles. The molecular weight excluding hydrogens is 238 g/mol. The van der Waals surface area contributed by atoms with Crippen molar-refractivity contribution < 1.29 is 4.79 Å². The van der Waals surface area contributed by atoms with Crippen LogP contribution in [0.2, 0.25) is 0 Å². The standard InChI is InChI=1S/C15H23N3O/c1-15(2,13-5-3-4-8-17-13)11-18-14(19)12-6-9-16-10-7-12/h3-5,8,12,16H,6-7,9-11H2,1-2H3,(H,18,19). The van der Waals surface area contributed by atoms with Crippen molar-refractivity contribution in [1.82, 2.24) is 15.6 Å². The first-order valence-electron chi connectivity index (χ1n) is 6.99. The predicted molar refractivity (Wildman–Crippen MR) is 75.9 cm³/mol. The van der Waals surface area contributed by atoms with Crippen LogP contribution in [0.3, 0.4) is 0 Å². The van der Waals surface area contributed by atoms with Crippen molar-refractivity contribution in [2.45, 2.75) is 32.1 Å². The van der Waals surface area contributed by atoms with E-state index in [0.29, 0.717) is 6.54 Å². The zero-order valence-electron chi connectivity index (χ0n) is 11.8. The van der Waals surface area contributed by atoms with Gasteiger partial charge in [-0.25, -0.2) is 0 Å². The van der Waals surface area contributed by atoms with Crippen LogP contribution in [0.1, 0.15) is 32.4 Å². The molecule has 4 nitrogen and oxygen atoms in total. The van der Waals surface area contributed by atoms with Gasteiger partial charge in [0.1, 0.15) is 0 Å². The van der Waals surface area contributed by atoms with Crippen LogP contribution >= 0.6 is 0 Å². The quantitative estimate of drug-likeness (QED) is 0.863. The van der Waals surface area contributed by atoms with Crippen LogP contribution in [0.4, 0.5) is 0 Å². The first-order valence-corrected chi connectivity index (χ1v) is 6.99. The lowest BCUT2D eigenvalue weighted by Crippen LogP contribution is -2.43. The Labute approximate surface area is 115 Å². The average Bonchev–Trinajstić information content (AvgIpc) is 2.47. The summed E-state index contributed by atoms with van der Waals surface area (Å²) in [6.07, 6.45) is 3.68. The van der Waals surface area contributed by atoms with E-state index in [2.05, 4.69) is 29.5 Å². The van der Waals surface area contributed by atoms with E-state index in [1.165, 1.54) is 0 Å². The Hall–Kier alpha value is -1.42. The Balaban J connectivity index is 1.88. The maximum atomic E-state index is 12.1. The molecule has 0 spiro atoms. The largest absolute Gasteiger partial charge is 0.355 e. The molecule has 1 saturated heterocycles. The molecule has 2 N–H and O–H groups in total. The molecule has 0 atom stereocenters. The smallest absolute Gasteiger partial charge is 0.223 e. The summed E-state index contributed by atoms with van der Waals surface area (Å²) in [5.41, 5.74) is 0.879. The summed E-state index contributed by atoms with van der Waals surface area (Å²) < 4.78 is 0. The van der Waals surface area contributed by atoms with Crippen molar-refractivity contribution in [2.24, 2.45) is 5.92 Å². The van der Waals surface area contributed by atoms with E-state index < -0.39 is 0 Å². The van der Waals surface area contributed by atoms with E-state index in [1.807, 2.05) is 18.2 Å². The van der Waals surface area contributed by atoms with Crippen molar-refractivity contribution in [2.75, 3.05) is 19.6 Å². The van der Waals surface area contributed by atoms with Gasteiger partial charge in [0.05, 0.1) is 0 Å². The van der Waals surface area contributed by atoms with Gasteiger partial charge in [-0.3, -0.25) is 9.78 Å². The zero-order chi connectivity index (χ0) is 13.7. The molecule has 2 rings (SSSR count). The van der Waals surface area contributed by atoms with Gasteiger partial charge in [-0.15, -0.1) is 0 Å². The minimum absolute atomic E-state index is 0.135. The summed E-state index contributed by atoms with van der Waals surface area (Å²) in [5.74, 6) is 0.353. The number of carbonyl (C=O) groups excluding carboxylic acids is 1.